The summed E-state index contributed by atoms with van der Waals surface area (Å²) in [6.07, 6.45) is 12.5. The second-order valence-corrected chi connectivity index (χ2v) is 14.1. The molecule has 0 aromatic rings. The molecule has 12 atom stereocenters. The molecule has 7 aliphatic rings. The zero-order chi connectivity index (χ0) is 25.4. The minimum atomic E-state index is -0.326. The van der Waals surface area contributed by atoms with E-state index in [2.05, 4.69) is 27.7 Å². The van der Waals surface area contributed by atoms with Gasteiger partial charge in [-0.2, -0.15) is 0 Å². The van der Waals surface area contributed by atoms with E-state index in [4.69, 9.17) is 14.2 Å². The number of hydrogen-bond acceptors (Lipinski definition) is 5. The van der Waals surface area contributed by atoms with Gasteiger partial charge in [0.2, 0.25) is 6.29 Å². The molecule has 0 radical (unpaired) electrons. The fourth-order valence-electron chi connectivity index (χ4n) is 11.0. The van der Waals surface area contributed by atoms with Crippen molar-refractivity contribution in [2.45, 2.75) is 124 Å². The second kappa shape index (κ2) is 8.99. The molecule has 0 N–H and O–H groups in total. The molecule has 202 valence electrons. The first-order valence-corrected chi connectivity index (χ1v) is 15.2. The summed E-state index contributed by atoms with van der Waals surface area (Å²) in [5, 5.41) is 0. The molecule has 5 heteroatoms. The monoisotopic (exact) mass is 500 g/mol. The first-order chi connectivity index (χ1) is 17.2. The Morgan fingerprint density at radius 2 is 1.83 bits per heavy atom. The highest BCUT2D eigenvalue weighted by Crippen LogP contribution is 2.72. The van der Waals surface area contributed by atoms with E-state index in [1.807, 2.05) is 0 Å². The van der Waals surface area contributed by atoms with Crippen molar-refractivity contribution in [2.24, 2.45) is 58.2 Å². The summed E-state index contributed by atoms with van der Waals surface area (Å²) >= 11 is 0. The molecule has 12 unspecified atom stereocenters. The fraction of sp³-hybridized carbons (Fsp3) is 0.935. The Labute approximate surface area is 217 Å². The van der Waals surface area contributed by atoms with Gasteiger partial charge in [-0.3, -0.25) is 9.59 Å². The van der Waals surface area contributed by atoms with Gasteiger partial charge in [-0.25, -0.2) is 0 Å². The lowest BCUT2D eigenvalue weighted by Crippen LogP contribution is -2.67. The number of carbonyl (C=O) groups is 2. The SMILES string of the molecule is CCC(CC1OC2OC(=O)C1C1CCC3C4CCC5CC(OC(C)=O)CCC5(C)C4CCC231)C(C)C. The first-order valence-electron chi connectivity index (χ1n) is 15.2. The number of esters is 2. The molecule has 0 aromatic heterocycles. The largest absolute Gasteiger partial charge is 0.463 e. The van der Waals surface area contributed by atoms with Crippen LogP contribution in [0, 0.1) is 58.2 Å². The quantitative estimate of drug-likeness (QED) is 0.402. The molecule has 0 aromatic carbocycles. The molecule has 3 heterocycles. The molecule has 4 aliphatic carbocycles. The van der Waals surface area contributed by atoms with Crippen LogP contribution in [0.15, 0.2) is 0 Å². The lowest BCUT2D eigenvalue weighted by Gasteiger charge is -2.65. The minimum absolute atomic E-state index is 0.0349. The van der Waals surface area contributed by atoms with E-state index in [1.54, 1.807) is 6.92 Å². The fourth-order valence-corrected chi connectivity index (χ4v) is 11.0. The predicted molar refractivity (Wildman–Crippen MR) is 137 cm³/mol. The van der Waals surface area contributed by atoms with Crippen LogP contribution in [0.2, 0.25) is 0 Å². The van der Waals surface area contributed by atoms with Gasteiger partial charge in [0.05, 0.1) is 12.0 Å². The van der Waals surface area contributed by atoms with Gasteiger partial charge >= 0.3 is 11.9 Å². The summed E-state index contributed by atoms with van der Waals surface area (Å²) < 4.78 is 18.6. The van der Waals surface area contributed by atoms with E-state index in [1.165, 1.54) is 38.5 Å². The lowest BCUT2D eigenvalue weighted by atomic mass is 9.43. The molecule has 3 aliphatic heterocycles. The summed E-state index contributed by atoms with van der Waals surface area (Å²) in [6.45, 7) is 11.0. The third-order valence-corrected chi connectivity index (χ3v) is 12.7. The van der Waals surface area contributed by atoms with Crippen molar-refractivity contribution >= 4 is 11.9 Å². The maximum Gasteiger partial charge on any atom is 0.314 e. The third-order valence-electron chi connectivity index (χ3n) is 12.7. The summed E-state index contributed by atoms with van der Waals surface area (Å²) in [5.41, 5.74) is 0.395. The molecule has 3 saturated heterocycles. The topological polar surface area (TPSA) is 61.8 Å². The maximum absolute atomic E-state index is 13.2. The maximum atomic E-state index is 13.2. The van der Waals surface area contributed by atoms with E-state index in [0.717, 1.165) is 43.9 Å². The van der Waals surface area contributed by atoms with Gasteiger partial charge in [-0.1, -0.05) is 34.1 Å². The van der Waals surface area contributed by atoms with Gasteiger partial charge < -0.3 is 14.2 Å². The van der Waals surface area contributed by atoms with Gasteiger partial charge in [-0.05, 0) is 111 Å². The molecular formula is C31H48O5. The van der Waals surface area contributed by atoms with Crippen LogP contribution < -0.4 is 0 Å². The van der Waals surface area contributed by atoms with Crippen molar-refractivity contribution in [3.05, 3.63) is 0 Å². The van der Waals surface area contributed by atoms with E-state index in [0.29, 0.717) is 35.0 Å². The molecule has 0 amide bonds. The Hall–Kier alpha value is -1.10. The van der Waals surface area contributed by atoms with Crippen molar-refractivity contribution in [2.75, 3.05) is 0 Å². The Balaban J connectivity index is 1.23. The molecular weight excluding hydrogens is 452 g/mol. The van der Waals surface area contributed by atoms with Crippen molar-refractivity contribution in [3.8, 4) is 0 Å². The summed E-state index contributed by atoms with van der Waals surface area (Å²) in [6, 6.07) is 0. The lowest BCUT2D eigenvalue weighted by molar-refractivity contribution is -0.338. The summed E-state index contributed by atoms with van der Waals surface area (Å²) in [7, 11) is 0. The average Bonchev–Trinajstić information content (AvgIpc) is 3.24. The Morgan fingerprint density at radius 1 is 1.06 bits per heavy atom. The molecule has 36 heavy (non-hydrogen) atoms. The van der Waals surface area contributed by atoms with Crippen LogP contribution in [-0.2, 0) is 23.8 Å². The standard InChI is InChI=1S/C31H48O5/c1-6-19(17(2)3)15-26-27-25-10-9-24-22-8-7-20-16-21(34-18(4)32)11-13-30(20,5)23(22)12-14-31(24,25)29(35-26)36-28(27)33/h17,19-27,29H,6-16H2,1-5H3. The van der Waals surface area contributed by atoms with Crippen molar-refractivity contribution < 1.29 is 23.8 Å². The zero-order valence-electron chi connectivity index (χ0n) is 23.2. The van der Waals surface area contributed by atoms with Crippen molar-refractivity contribution in [1.29, 1.82) is 0 Å². The van der Waals surface area contributed by atoms with E-state index in [9.17, 15) is 9.59 Å². The van der Waals surface area contributed by atoms with Gasteiger partial charge in [0.1, 0.15) is 6.10 Å². The van der Waals surface area contributed by atoms with Crippen LogP contribution in [-0.4, -0.2) is 30.4 Å². The van der Waals surface area contributed by atoms with Crippen molar-refractivity contribution in [1.82, 2.24) is 0 Å². The Kier molecular flexibility index (Phi) is 6.29. The van der Waals surface area contributed by atoms with Crippen molar-refractivity contribution in [3.63, 3.8) is 0 Å². The second-order valence-electron chi connectivity index (χ2n) is 14.1. The van der Waals surface area contributed by atoms with Crippen LogP contribution in [0.4, 0.5) is 0 Å². The number of fused-ring (bicyclic) bond motifs is 6. The Morgan fingerprint density at radius 3 is 2.56 bits per heavy atom. The zero-order valence-corrected chi connectivity index (χ0v) is 23.2. The van der Waals surface area contributed by atoms with E-state index >= 15 is 0 Å². The summed E-state index contributed by atoms with van der Waals surface area (Å²) in [5.74, 6) is 4.24. The van der Waals surface area contributed by atoms with E-state index < -0.39 is 0 Å². The Bertz CT molecular complexity index is 884. The molecule has 7 fully saturated rings. The highest BCUT2D eigenvalue weighted by atomic mass is 16.7. The molecule has 1 spiro atoms. The number of ether oxygens (including phenoxy) is 3. The third kappa shape index (κ3) is 3.57. The van der Waals surface area contributed by atoms with E-state index in [-0.39, 0.29) is 41.8 Å². The first kappa shape index (κ1) is 25.2. The van der Waals surface area contributed by atoms with Crippen LogP contribution >= 0.6 is 0 Å². The minimum Gasteiger partial charge on any atom is -0.463 e. The predicted octanol–water partition coefficient (Wildman–Crippen LogP) is 6.53. The van der Waals surface area contributed by atoms with Gasteiger partial charge in [-0.15, -0.1) is 0 Å². The number of hydrogen-bond donors (Lipinski definition) is 0. The molecule has 2 bridgehead atoms. The molecule has 4 saturated carbocycles. The van der Waals surface area contributed by atoms with Crippen LogP contribution in [0.25, 0.3) is 0 Å². The van der Waals surface area contributed by atoms with Crippen LogP contribution in [0.5, 0.6) is 0 Å². The smallest absolute Gasteiger partial charge is 0.314 e. The number of rotatable bonds is 5. The molecule has 5 nitrogen and oxygen atoms in total. The number of carbonyl (C=O) groups excluding carboxylic acids is 2. The summed E-state index contributed by atoms with van der Waals surface area (Å²) in [4.78, 5) is 24.8. The van der Waals surface area contributed by atoms with Gasteiger partial charge in [0.15, 0.2) is 0 Å². The molecule has 7 rings (SSSR count). The van der Waals surface area contributed by atoms with Crippen LogP contribution in [0.1, 0.15) is 105 Å². The van der Waals surface area contributed by atoms with Gasteiger partial charge in [0.25, 0.3) is 0 Å². The highest BCUT2D eigenvalue weighted by molar-refractivity contribution is 5.76. The van der Waals surface area contributed by atoms with Crippen LogP contribution in [0.3, 0.4) is 0 Å². The normalized spacial score (nSPS) is 49.9. The van der Waals surface area contributed by atoms with Gasteiger partial charge in [0, 0.05) is 12.3 Å². The average molecular weight is 501 g/mol. The highest BCUT2D eigenvalue weighted by Gasteiger charge is 2.72.